The van der Waals surface area contributed by atoms with Gasteiger partial charge in [-0.3, -0.25) is 0 Å². The summed E-state index contributed by atoms with van der Waals surface area (Å²) in [6, 6.07) is 6.87. The summed E-state index contributed by atoms with van der Waals surface area (Å²) in [5, 5.41) is 3.39. The third-order valence-electron chi connectivity index (χ3n) is 3.40. The molecule has 6 heteroatoms. The summed E-state index contributed by atoms with van der Waals surface area (Å²) in [6.45, 7) is 3.19. The van der Waals surface area contributed by atoms with E-state index in [9.17, 15) is 8.42 Å². The second-order valence-electron chi connectivity index (χ2n) is 4.99. The Kier molecular flexibility index (Phi) is 4.43. The molecule has 2 rings (SSSR count). The first-order chi connectivity index (χ1) is 8.95. The number of hydrogen-bond acceptors (Lipinski definition) is 4. The highest BCUT2D eigenvalue weighted by Crippen LogP contribution is 2.37. The van der Waals surface area contributed by atoms with Crippen LogP contribution in [-0.4, -0.2) is 32.5 Å². The highest BCUT2D eigenvalue weighted by atomic mass is 32.2. The molecule has 106 valence electrons. The van der Waals surface area contributed by atoms with E-state index in [4.69, 9.17) is 0 Å². The zero-order valence-corrected chi connectivity index (χ0v) is 12.9. The summed E-state index contributed by atoms with van der Waals surface area (Å²) < 4.78 is 25.8. The maximum atomic E-state index is 11.6. The van der Waals surface area contributed by atoms with Gasteiger partial charge in [0.1, 0.15) is 0 Å². The molecule has 1 atom stereocenters. The second kappa shape index (κ2) is 5.73. The quantitative estimate of drug-likeness (QED) is 0.876. The van der Waals surface area contributed by atoms with Crippen LogP contribution in [0.25, 0.3) is 0 Å². The van der Waals surface area contributed by atoms with Gasteiger partial charge in [0.2, 0.25) is 10.0 Å². The van der Waals surface area contributed by atoms with E-state index in [1.54, 1.807) is 12.1 Å². The fourth-order valence-corrected chi connectivity index (χ4v) is 4.11. The van der Waals surface area contributed by atoms with Crippen LogP contribution in [0.5, 0.6) is 0 Å². The molecule has 0 spiro atoms. The van der Waals surface area contributed by atoms with Gasteiger partial charge < -0.3 is 5.32 Å². The van der Waals surface area contributed by atoms with Gasteiger partial charge in [-0.25, -0.2) is 13.1 Å². The average molecular weight is 300 g/mol. The van der Waals surface area contributed by atoms with Crippen LogP contribution in [0, 0.1) is 0 Å². The minimum Gasteiger partial charge on any atom is -0.384 e. The molecular weight excluding hydrogens is 280 g/mol. The van der Waals surface area contributed by atoms with Gasteiger partial charge in [0.05, 0.1) is 4.90 Å². The van der Waals surface area contributed by atoms with E-state index in [2.05, 4.69) is 17.0 Å². The fourth-order valence-electron chi connectivity index (χ4n) is 2.14. The van der Waals surface area contributed by atoms with Gasteiger partial charge in [0, 0.05) is 17.0 Å². The zero-order valence-electron chi connectivity index (χ0n) is 11.3. The van der Waals surface area contributed by atoms with Crippen molar-refractivity contribution in [2.45, 2.75) is 29.4 Å². The monoisotopic (exact) mass is 300 g/mol. The van der Waals surface area contributed by atoms with Crippen molar-refractivity contribution in [3.63, 3.8) is 0 Å². The number of sulfonamides is 1. The Morgan fingerprint density at radius 2 is 2.00 bits per heavy atom. The molecule has 0 radical (unpaired) electrons. The molecule has 1 unspecified atom stereocenters. The van der Waals surface area contributed by atoms with Crippen LogP contribution in [0.1, 0.15) is 19.8 Å². The first-order valence-corrected chi connectivity index (χ1v) is 8.84. The molecule has 19 heavy (non-hydrogen) atoms. The van der Waals surface area contributed by atoms with Crippen molar-refractivity contribution in [2.24, 2.45) is 0 Å². The lowest BCUT2D eigenvalue weighted by Gasteiger charge is -2.23. The number of thioether (sulfide) groups is 1. The Balaban J connectivity index is 1.99. The molecule has 1 saturated heterocycles. The molecular formula is C13H20N2O2S2. The number of benzene rings is 1. The molecule has 1 aromatic rings. The highest BCUT2D eigenvalue weighted by molar-refractivity contribution is 8.00. The third kappa shape index (κ3) is 3.64. The number of anilines is 1. The van der Waals surface area contributed by atoms with Gasteiger partial charge in [-0.1, -0.05) is 0 Å². The molecule has 1 aliphatic rings. The SMILES string of the molecule is CNS(=O)(=O)c1ccc(NCC2(C)CCCS2)cc1. The Morgan fingerprint density at radius 1 is 1.32 bits per heavy atom. The predicted molar refractivity (Wildman–Crippen MR) is 81.3 cm³/mol. The molecule has 1 heterocycles. The summed E-state index contributed by atoms with van der Waals surface area (Å²) in [7, 11) is -1.92. The van der Waals surface area contributed by atoms with E-state index < -0.39 is 10.0 Å². The molecule has 2 N–H and O–H groups in total. The summed E-state index contributed by atoms with van der Waals surface area (Å²) in [5.74, 6) is 1.23. The van der Waals surface area contributed by atoms with Crippen molar-refractivity contribution in [2.75, 3.05) is 24.7 Å². The lowest BCUT2D eigenvalue weighted by molar-refractivity contribution is 0.588. The van der Waals surface area contributed by atoms with E-state index in [1.807, 2.05) is 23.9 Å². The molecule has 1 aliphatic heterocycles. The van der Waals surface area contributed by atoms with Crippen molar-refractivity contribution >= 4 is 27.5 Å². The van der Waals surface area contributed by atoms with E-state index in [1.165, 1.54) is 25.6 Å². The van der Waals surface area contributed by atoms with Gasteiger partial charge in [0.25, 0.3) is 0 Å². The van der Waals surface area contributed by atoms with Crippen LogP contribution in [-0.2, 0) is 10.0 Å². The fraction of sp³-hybridized carbons (Fsp3) is 0.538. The third-order valence-corrected chi connectivity index (χ3v) is 6.37. The first kappa shape index (κ1) is 14.7. The minimum atomic E-state index is -3.34. The van der Waals surface area contributed by atoms with Gasteiger partial charge in [-0.2, -0.15) is 11.8 Å². The highest BCUT2D eigenvalue weighted by Gasteiger charge is 2.28. The Bertz CT molecular complexity index is 520. The molecule has 0 saturated carbocycles. The Morgan fingerprint density at radius 3 is 2.53 bits per heavy atom. The standard InChI is InChI=1S/C13H20N2O2S2/c1-13(8-3-9-18-13)10-15-11-4-6-12(7-5-11)19(16,17)14-2/h4-7,14-15H,3,8-10H2,1-2H3. The van der Waals surface area contributed by atoms with Crippen LogP contribution in [0.2, 0.25) is 0 Å². The first-order valence-electron chi connectivity index (χ1n) is 6.37. The van der Waals surface area contributed by atoms with E-state index in [0.717, 1.165) is 12.2 Å². The van der Waals surface area contributed by atoms with Crippen molar-refractivity contribution in [3.05, 3.63) is 24.3 Å². The molecule has 0 aromatic heterocycles. The Hall–Kier alpha value is -0.720. The summed E-state index contributed by atoms with van der Waals surface area (Å²) in [5.41, 5.74) is 0.962. The van der Waals surface area contributed by atoms with Crippen molar-refractivity contribution in [3.8, 4) is 0 Å². The molecule has 4 nitrogen and oxygen atoms in total. The maximum Gasteiger partial charge on any atom is 0.240 e. The molecule has 0 bridgehead atoms. The second-order valence-corrected chi connectivity index (χ2v) is 8.56. The van der Waals surface area contributed by atoms with Gasteiger partial charge in [-0.05, 0) is 56.8 Å². The van der Waals surface area contributed by atoms with Gasteiger partial charge in [-0.15, -0.1) is 0 Å². The van der Waals surface area contributed by atoms with Crippen LogP contribution < -0.4 is 10.0 Å². The maximum absolute atomic E-state index is 11.6. The largest absolute Gasteiger partial charge is 0.384 e. The number of nitrogens with one attached hydrogen (secondary N) is 2. The van der Waals surface area contributed by atoms with Crippen LogP contribution in [0.4, 0.5) is 5.69 Å². The van der Waals surface area contributed by atoms with Crippen LogP contribution >= 0.6 is 11.8 Å². The normalized spacial score (nSPS) is 23.5. The van der Waals surface area contributed by atoms with Crippen LogP contribution in [0.15, 0.2) is 29.2 Å². The van der Waals surface area contributed by atoms with Crippen LogP contribution in [0.3, 0.4) is 0 Å². The lowest BCUT2D eigenvalue weighted by atomic mass is 10.1. The minimum absolute atomic E-state index is 0.294. The van der Waals surface area contributed by atoms with E-state index in [-0.39, 0.29) is 0 Å². The smallest absolute Gasteiger partial charge is 0.240 e. The average Bonchev–Trinajstić information content (AvgIpc) is 2.84. The molecule has 0 amide bonds. The summed E-state index contributed by atoms with van der Waals surface area (Å²) >= 11 is 2.01. The Labute approximate surface area is 119 Å². The summed E-state index contributed by atoms with van der Waals surface area (Å²) in [6.07, 6.45) is 2.51. The topological polar surface area (TPSA) is 58.2 Å². The van der Waals surface area contributed by atoms with Crippen molar-refractivity contribution in [1.82, 2.24) is 4.72 Å². The van der Waals surface area contributed by atoms with Crippen molar-refractivity contribution in [1.29, 1.82) is 0 Å². The lowest BCUT2D eigenvalue weighted by Crippen LogP contribution is -2.27. The number of rotatable bonds is 5. The van der Waals surface area contributed by atoms with E-state index in [0.29, 0.717) is 9.64 Å². The molecule has 1 aromatic carbocycles. The van der Waals surface area contributed by atoms with Crippen molar-refractivity contribution < 1.29 is 8.42 Å². The van der Waals surface area contributed by atoms with Gasteiger partial charge >= 0.3 is 0 Å². The van der Waals surface area contributed by atoms with Gasteiger partial charge in [0.15, 0.2) is 0 Å². The van der Waals surface area contributed by atoms with E-state index >= 15 is 0 Å². The molecule has 1 fully saturated rings. The summed E-state index contributed by atoms with van der Waals surface area (Å²) in [4.78, 5) is 0.294. The zero-order chi connectivity index (χ0) is 13.9. The predicted octanol–water partition coefficient (Wildman–Crippen LogP) is 2.29. The molecule has 0 aliphatic carbocycles. The number of hydrogen-bond donors (Lipinski definition) is 2.